The van der Waals surface area contributed by atoms with E-state index in [1.807, 2.05) is 60.7 Å². The molecule has 0 aromatic heterocycles. The number of nitrogens with zero attached hydrogens (tertiary/aromatic N) is 2. The third-order valence-electron chi connectivity index (χ3n) is 5.25. The maximum Gasteiger partial charge on any atom is 0.356 e. The first kappa shape index (κ1) is 20.2. The van der Waals surface area contributed by atoms with E-state index in [0.29, 0.717) is 12.2 Å². The van der Waals surface area contributed by atoms with Crippen LogP contribution in [0.3, 0.4) is 0 Å². The molecule has 4 rings (SSSR count). The van der Waals surface area contributed by atoms with Gasteiger partial charge < -0.3 is 10.5 Å². The smallest absolute Gasteiger partial charge is 0.356 e. The number of fused-ring (bicyclic) bond motifs is 1. The molecule has 0 spiro atoms. The second-order valence-electron chi connectivity index (χ2n) is 7.15. The van der Waals surface area contributed by atoms with Gasteiger partial charge in [0.25, 0.3) is 0 Å². The van der Waals surface area contributed by atoms with E-state index in [4.69, 9.17) is 15.7 Å². The van der Waals surface area contributed by atoms with Crippen molar-refractivity contribution in [3.8, 4) is 6.07 Å². The number of β-lactam (4-membered cyclic amide) rings is 1. The molecule has 30 heavy (non-hydrogen) atoms. The van der Waals surface area contributed by atoms with E-state index in [1.165, 1.54) is 16.7 Å². The summed E-state index contributed by atoms with van der Waals surface area (Å²) in [5.74, 6) is -0.300. The third kappa shape index (κ3) is 3.72. The maximum absolute atomic E-state index is 13.4. The Hall–Kier alpha value is -3.08. The Morgan fingerprint density at radius 2 is 1.77 bits per heavy atom. The van der Waals surface area contributed by atoms with Crippen LogP contribution in [0, 0.1) is 11.3 Å². The molecule has 2 atom stereocenters. The Kier molecular flexibility index (Phi) is 5.88. The zero-order valence-corrected chi connectivity index (χ0v) is 17.0. The molecule has 2 heterocycles. The number of nitriles is 1. The summed E-state index contributed by atoms with van der Waals surface area (Å²) in [6.07, 6.45) is 0.0791. The maximum atomic E-state index is 13.4. The van der Waals surface area contributed by atoms with E-state index >= 15 is 0 Å². The average Bonchev–Trinajstić information content (AvgIpc) is 2.81. The normalized spacial score (nSPS) is 20.4. The summed E-state index contributed by atoms with van der Waals surface area (Å²) in [5.41, 5.74) is 8.60. The number of carbonyl (C=O) groups excluding carboxylic acids is 2. The molecule has 2 aliphatic rings. The molecule has 1 fully saturated rings. The standard InChI is InChI=1S/C23H21N3O3S/c24-13-7-12-17-14-30-22-18(25)21(27)26(22)19(17)23(28)29-20(15-8-3-1-4-9-15)16-10-5-2-6-11-16/h1-6,8-11,18,20,22H,7,12,14,25H2/t18-,22-/m1/s1. The number of amides is 1. The summed E-state index contributed by atoms with van der Waals surface area (Å²) in [6.45, 7) is 0. The lowest BCUT2D eigenvalue weighted by Crippen LogP contribution is -2.68. The van der Waals surface area contributed by atoms with Gasteiger partial charge in [-0.25, -0.2) is 4.79 Å². The number of thioether (sulfide) groups is 1. The van der Waals surface area contributed by atoms with Gasteiger partial charge in [0.15, 0.2) is 6.10 Å². The number of carbonyl (C=O) groups is 2. The first-order valence-corrected chi connectivity index (χ1v) is 10.8. The first-order chi connectivity index (χ1) is 14.6. The van der Waals surface area contributed by atoms with Crippen molar-refractivity contribution in [2.24, 2.45) is 5.73 Å². The second kappa shape index (κ2) is 8.74. The molecule has 1 amide bonds. The van der Waals surface area contributed by atoms with Gasteiger partial charge in [0.1, 0.15) is 17.1 Å². The molecular formula is C23H21N3O3S. The van der Waals surface area contributed by atoms with Crippen molar-refractivity contribution in [2.45, 2.75) is 30.4 Å². The van der Waals surface area contributed by atoms with Crippen LogP contribution in [0.1, 0.15) is 30.1 Å². The van der Waals surface area contributed by atoms with Gasteiger partial charge in [-0.2, -0.15) is 5.26 Å². The minimum atomic E-state index is -0.616. The second-order valence-corrected chi connectivity index (χ2v) is 8.26. The highest BCUT2D eigenvalue weighted by Crippen LogP contribution is 2.41. The summed E-state index contributed by atoms with van der Waals surface area (Å²) in [4.78, 5) is 27.2. The molecule has 2 aromatic carbocycles. The van der Waals surface area contributed by atoms with Gasteiger partial charge >= 0.3 is 5.97 Å². The number of benzene rings is 2. The lowest BCUT2D eigenvalue weighted by atomic mass is 10.00. The van der Waals surface area contributed by atoms with Gasteiger partial charge in [0.2, 0.25) is 5.91 Å². The lowest BCUT2D eigenvalue weighted by molar-refractivity contribution is -0.153. The zero-order chi connectivity index (χ0) is 21.1. The van der Waals surface area contributed by atoms with Crippen LogP contribution in [0.2, 0.25) is 0 Å². The van der Waals surface area contributed by atoms with E-state index in [0.717, 1.165) is 16.7 Å². The minimum Gasteiger partial charge on any atom is -0.448 e. The van der Waals surface area contributed by atoms with Crippen LogP contribution >= 0.6 is 11.8 Å². The number of rotatable bonds is 6. The molecule has 6 nitrogen and oxygen atoms in total. The molecule has 2 aliphatic heterocycles. The summed E-state index contributed by atoms with van der Waals surface area (Å²) in [5, 5.41) is 8.73. The van der Waals surface area contributed by atoms with Crippen LogP contribution in [-0.4, -0.2) is 33.9 Å². The molecule has 0 aliphatic carbocycles. The largest absolute Gasteiger partial charge is 0.448 e. The number of nitrogens with two attached hydrogens (primary N) is 1. The van der Waals surface area contributed by atoms with Gasteiger partial charge in [-0.05, 0) is 23.1 Å². The Labute approximate surface area is 179 Å². The summed E-state index contributed by atoms with van der Waals surface area (Å²) in [7, 11) is 0. The quantitative estimate of drug-likeness (QED) is 0.571. The SMILES string of the molecule is N#CCCC1=C(C(=O)OC(c2ccccc2)c2ccccc2)N2C(=O)[C@@H](N)[C@H]2SC1. The predicted octanol–water partition coefficient (Wildman–Crippen LogP) is 3.12. The summed E-state index contributed by atoms with van der Waals surface area (Å²) >= 11 is 1.52. The van der Waals surface area contributed by atoms with Crippen molar-refractivity contribution in [3.05, 3.63) is 83.1 Å². The fraction of sp³-hybridized carbons (Fsp3) is 0.261. The van der Waals surface area contributed by atoms with E-state index in [-0.39, 0.29) is 23.4 Å². The van der Waals surface area contributed by atoms with E-state index in [1.54, 1.807) is 0 Å². The molecule has 0 radical (unpaired) electrons. The highest BCUT2D eigenvalue weighted by molar-refractivity contribution is 8.00. The highest BCUT2D eigenvalue weighted by Gasteiger charge is 2.52. The van der Waals surface area contributed by atoms with Gasteiger partial charge in [-0.1, -0.05) is 60.7 Å². The zero-order valence-electron chi connectivity index (χ0n) is 16.2. The van der Waals surface area contributed by atoms with Gasteiger partial charge in [0, 0.05) is 12.2 Å². The van der Waals surface area contributed by atoms with Crippen LogP contribution in [-0.2, 0) is 14.3 Å². The Balaban J connectivity index is 1.68. The third-order valence-corrected chi connectivity index (χ3v) is 6.61. The average molecular weight is 420 g/mol. The minimum absolute atomic E-state index is 0.248. The fourth-order valence-electron chi connectivity index (χ4n) is 3.71. The van der Waals surface area contributed by atoms with E-state index < -0.39 is 18.1 Å². The molecular weight excluding hydrogens is 398 g/mol. The van der Waals surface area contributed by atoms with Gasteiger partial charge in [-0.15, -0.1) is 11.8 Å². The van der Waals surface area contributed by atoms with Crippen molar-refractivity contribution >= 4 is 23.6 Å². The molecule has 7 heteroatoms. The Bertz CT molecular complexity index is 977. The van der Waals surface area contributed by atoms with Crippen LogP contribution in [0.5, 0.6) is 0 Å². The van der Waals surface area contributed by atoms with Gasteiger partial charge in [-0.3, -0.25) is 9.69 Å². The van der Waals surface area contributed by atoms with Crippen molar-refractivity contribution in [3.63, 3.8) is 0 Å². The van der Waals surface area contributed by atoms with E-state index in [2.05, 4.69) is 6.07 Å². The molecule has 0 saturated carbocycles. The molecule has 2 aromatic rings. The summed E-state index contributed by atoms with van der Waals surface area (Å²) in [6, 6.07) is 20.5. The first-order valence-electron chi connectivity index (χ1n) is 9.72. The fourth-order valence-corrected chi connectivity index (χ4v) is 5.05. The monoisotopic (exact) mass is 419 g/mol. The molecule has 1 saturated heterocycles. The topological polar surface area (TPSA) is 96.4 Å². The molecule has 2 N–H and O–H groups in total. The lowest BCUT2D eigenvalue weighted by Gasteiger charge is -2.48. The van der Waals surface area contributed by atoms with Crippen LogP contribution in [0.15, 0.2) is 71.9 Å². The number of hydrogen-bond acceptors (Lipinski definition) is 6. The summed E-state index contributed by atoms with van der Waals surface area (Å²) < 4.78 is 5.98. The van der Waals surface area contributed by atoms with Crippen molar-refractivity contribution in [1.82, 2.24) is 4.90 Å². The molecule has 0 unspecified atom stereocenters. The van der Waals surface area contributed by atoms with Crippen LogP contribution < -0.4 is 5.73 Å². The van der Waals surface area contributed by atoms with E-state index in [9.17, 15) is 9.59 Å². The predicted molar refractivity (Wildman–Crippen MR) is 114 cm³/mol. The van der Waals surface area contributed by atoms with Crippen molar-refractivity contribution in [1.29, 1.82) is 5.26 Å². The van der Waals surface area contributed by atoms with Gasteiger partial charge in [0.05, 0.1) is 6.07 Å². The van der Waals surface area contributed by atoms with Crippen LogP contribution in [0.25, 0.3) is 0 Å². The molecule has 0 bridgehead atoms. The molecule has 152 valence electrons. The Morgan fingerprint density at radius 1 is 1.17 bits per heavy atom. The number of ether oxygens (including phenoxy) is 1. The highest BCUT2D eigenvalue weighted by atomic mass is 32.2. The number of hydrogen-bond donors (Lipinski definition) is 1. The van der Waals surface area contributed by atoms with Crippen LogP contribution in [0.4, 0.5) is 0 Å². The Morgan fingerprint density at radius 3 is 2.33 bits per heavy atom. The van der Waals surface area contributed by atoms with Crippen molar-refractivity contribution in [2.75, 3.05) is 5.75 Å². The number of esters is 1. The van der Waals surface area contributed by atoms with Crippen molar-refractivity contribution < 1.29 is 14.3 Å².